The van der Waals surface area contributed by atoms with Crippen molar-refractivity contribution in [2.75, 3.05) is 0 Å². The summed E-state index contributed by atoms with van der Waals surface area (Å²) in [6.07, 6.45) is 0. The van der Waals surface area contributed by atoms with Crippen LogP contribution in [0.4, 0.5) is 5.69 Å². The lowest BCUT2D eigenvalue weighted by Gasteiger charge is -2.35. The predicted molar refractivity (Wildman–Crippen MR) is 144 cm³/mol. The van der Waals surface area contributed by atoms with E-state index in [0.29, 0.717) is 11.3 Å². The average Bonchev–Trinajstić information content (AvgIpc) is 2.86. The number of nitrogens with zero attached hydrogens (tertiary/aromatic N) is 2. The topological polar surface area (TPSA) is 28.1 Å². The second kappa shape index (κ2) is 9.14. The van der Waals surface area contributed by atoms with Crippen molar-refractivity contribution in [1.82, 2.24) is 0 Å². The summed E-state index contributed by atoms with van der Waals surface area (Å²) in [6, 6.07) is 36.3. The molecule has 34 heavy (non-hydrogen) atoms. The molecule has 4 rings (SSSR count). The van der Waals surface area contributed by atoms with Crippen LogP contribution in [0.25, 0.3) is 4.85 Å². The molecule has 4 aromatic rings. The first-order chi connectivity index (χ1) is 16.3. The predicted octanol–water partition coefficient (Wildman–Crippen LogP) is 5.09. The first kappa shape index (κ1) is 23.2. The van der Waals surface area contributed by atoms with Crippen LogP contribution in [0.3, 0.4) is 0 Å². The molecule has 1 unspecified atom stereocenters. The number of rotatable bonds is 4. The van der Waals surface area contributed by atoms with Gasteiger partial charge in [-0.1, -0.05) is 111 Å². The molecular formula is C31H28N2Si. The molecule has 0 radical (unpaired) electrons. The third-order valence-electron chi connectivity index (χ3n) is 6.54. The fourth-order valence-electron chi connectivity index (χ4n) is 4.60. The van der Waals surface area contributed by atoms with Crippen LogP contribution in [0.1, 0.15) is 37.5 Å². The van der Waals surface area contributed by atoms with Crippen molar-refractivity contribution in [3.05, 3.63) is 125 Å². The number of benzene rings is 4. The van der Waals surface area contributed by atoms with Crippen LogP contribution in [0, 0.1) is 24.8 Å². The molecule has 0 aliphatic heterocycles. The van der Waals surface area contributed by atoms with E-state index >= 15 is 0 Å². The van der Waals surface area contributed by atoms with Crippen LogP contribution >= 0.6 is 0 Å². The second-order valence-electron chi connectivity index (χ2n) is 9.79. The molecule has 0 saturated heterocycles. The van der Waals surface area contributed by atoms with Gasteiger partial charge in [-0.2, -0.15) is 5.26 Å². The van der Waals surface area contributed by atoms with Gasteiger partial charge in [0, 0.05) is 0 Å². The van der Waals surface area contributed by atoms with Gasteiger partial charge in [0.25, 0.3) is 0 Å². The zero-order valence-corrected chi connectivity index (χ0v) is 21.1. The molecule has 0 saturated carbocycles. The summed E-state index contributed by atoms with van der Waals surface area (Å²) in [7, 11) is -2.69. The van der Waals surface area contributed by atoms with Gasteiger partial charge in [0.05, 0.1) is 18.2 Å². The minimum atomic E-state index is -2.69. The van der Waals surface area contributed by atoms with E-state index in [1.54, 1.807) is 0 Å². The van der Waals surface area contributed by atoms with E-state index in [9.17, 15) is 5.26 Å². The van der Waals surface area contributed by atoms with E-state index < -0.39 is 8.07 Å². The van der Waals surface area contributed by atoms with E-state index in [4.69, 9.17) is 6.57 Å². The lowest BCUT2D eigenvalue weighted by Crippen LogP contribution is -2.74. The van der Waals surface area contributed by atoms with E-state index in [2.05, 4.69) is 111 Å². The van der Waals surface area contributed by atoms with Crippen LogP contribution in [-0.2, 0) is 5.41 Å². The third-order valence-corrected chi connectivity index (χ3v) is 11.3. The van der Waals surface area contributed by atoms with Gasteiger partial charge in [-0.25, -0.2) is 4.85 Å². The molecule has 0 aliphatic carbocycles. The highest BCUT2D eigenvalue weighted by molar-refractivity contribution is 7.19. The Morgan fingerprint density at radius 2 is 1.09 bits per heavy atom. The molecule has 166 valence electrons. The second-order valence-corrected chi connectivity index (χ2v) is 13.6. The molecule has 0 aromatic heterocycles. The molecule has 1 atom stereocenters. The van der Waals surface area contributed by atoms with Gasteiger partial charge in [0.15, 0.2) is 13.8 Å². The maximum Gasteiger partial charge on any atom is 0.187 e. The van der Waals surface area contributed by atoms with Gasteiger partial charge in [-0.05, 0) is 50.8 Å². The summed E-state index contributed by atoms with van der Waals surface area (Å²) in [6.45, 7) is 16.2. The van der Waals surface area contributed by atoms with Crippen LogP contribution in [0.15, 0.2) is 97.1 Å². The molecule has 2 nitrogen and oxygen atoms in total. The Morgan fingerprint density at radius 3 is 1.50 bits per heavy atom. The van der Waals surface area contributed by atoms with Crippen molar-refractivity contribution in [2.45, 2.75) is 33.1 Å². The molecule has 0 N–H and O–H groups in total. The fourth-order valence-corrected chi connectivity index (χ4v) is 9.27. The standard InChI is InChI=1S/C31H28N2Si/c1-23-6-14-27(15-7-23)34(28-16-8-24(22-32)9-17-28,30-20-12-26(33-5)13-21-30)29-18-10-25(11-19-29)31(2,3)4/h6-21H,1-4H3. The first-order valence-electron chi connectivity index (χ1n) is 11.5. The van der Waals surface area contributed by atoms with Crippen LogP contribution in [0.2, 0.25) is 0 Å². The Kier molecular flexibility index (Phi) is 6.25. The molecule has 0 amide bonds. The highest BCUT2D eigenvalue weighted by Crippen LogP contribution is 2.22. The Morgan fingerprint density at radius 1 is 0.676 bits per heavy atom. The van der Waals surface area contributed by atoms with Crippen molar-refractivity contribution < 1.29 is 0 Å². The zero-order chi connectivity index (χ0) is 24.3. The maximum absolute atomic E-state index is 9.41. The SMILES string of the molecule is [C-]#[N+]c1ccc([Si](c2ccc(C)cc2)(c2ccc(C#N)cc2)c2ccc(C(C)(C)C)cc2)cc1. The van der Waals surface area contributed by atoms with Crippen molar-refractivity contribution in [3.63, 3.8) is 0 Å². The summed E-state index contributed by atoms with van der Waals surface area (Å²) in [5, 5.41) is 14.4. The van der Waals surface area contributed by atoms with Crippen molar-refractivity contribution in [2.24, 2.45) is 0 Å². The Bertz CT molecular complexity index is 1300. The number of hydrogen-bond donors (Lipinski definition) is 0. The third kappa shape index (κ3) is 4.19. The Hall–Kier alpha value is -3.92. The van der Waals surface area contributed by atoms with Crippen molar-refractivity contribution >= 4 is 34.5 Å². The van der Waals surface area contributed by atoms with Gasteiger partial charge >= 0.3 is 0 Å². The largest absolute Gasteiger partial charge is 0.238 e. The molecule has 3 heteroatoms. The molecule has 0 heterocycles. The maximum atomic E-state index is 9.41. The van der Waals surface area contributed by atoms with Crippen molar-refractivity contribution in [1.29, 1.82) is 5.26 Å². The average molecular weight is 457 g/mol. The number of aryl methyl sites for hydroxylation is 1. The van der Waals surface area contributed by atoms with E-state index in [-0.39, 0.29) is 5.41 Å². The summed E-state index contributed by atoms with van der Waals surface area (Å²) in [4.78, 5) is 3.61. The summed E-state index contributed by atoms with van der Waals surface area (Å²) >= 11 is 0. The van der Waals surface area contributed by atoms with Crippen LogP contribution in [0.5, 0.6) is 0 Å². The van der Waals surface area contributed by atoms with E-state index in [0.717, 1.165) is 0 Å². The minimum Gasteiger partial charge on any atom is -0.238 e. The Labute approximate surface area is 204 Å². The summed E-state index contributed by atoms with van der Waals surface area (Å²) in [5.74, 6) is 0. The zero-order valence-electron chi connectivity index (χ0n) is 20.1. The van der Waals surface area contributed by atoms with Gasteiger partial charge in [-0.15, -0.1) is 0 Å². The fraction of sp³-hybridized carbons (Fsp3) is 0.161. The molecule has 0 fully saturated rings. The van der Waals surface area contributed by atoms with E-state index in [1.165, 1.54) is 31.9 Å². The first-order valence-corrected chi connectivity index (χ1v) is 13.5. The smallest absolute Gasteiger partial charge is 0.187 e. The monoisotopic (exact) mass is 456 g/mol. The molecule has 0 bridgehead atoms. The lowest BCUT2D eigenvalue weighted by atomic mass is 9.87. The van der Waals surface area contributed by atoms with E-state index in [1.807, 2.05) is 24.3 Å². The minimum absolute atomic E-state index is 0.0678. The number of hydrogen-bond acceptors (Lipinski definition) is 1. The van der Waals surface area contributed by atoms with Gasteiger partial charge in [-0.3, -0.25) is 0 Å². The van der Waals surface area contributed by atoms with Crippen molar-refractivity contribution in [3.8, 4) is 6.07 Å². The Balaban J connectivity index is 2.08. The van der Waals surface area contributed by atoms with Crippen LogP contribution < -0.4 is 20.7 Å². The molecular weight excluding hydrogens is 428 g/mol. The molecule has 4 aromatic carbocycles. The quantitative estimate of drug-likeness (QED) is 0.239. The highest BCUT2D eigenvalue weighted by Gasteiger charge is 2.41. The highest BCUT2D eigenvalue weighted by atomic mass is 28.3. The van der Waals surface area contributed by atoms with Gasteiger partial charge in [0.1, 0.15) is 0 Å². The normalized spacial score (nSPS) is 12.9. The summed E-state index contributed by atoms with van der Waals surface area (Å²) < 4.78 is 0. The summed E-state index contributed by atoms with van der Waals surface area (Å²) in [5.41, 5.74) is 3.88. The van der Waals surface area contributed by atoms with Gasteiger partial charge in [0.2, 0.25) is 0 Å². The van der Waals surface area contributed by atoms with Gasteiger partial charge < -0.3 is 0 Å². The number of nitriles is 1. The molecule has 0 spiro atoms. The molecule has 0 aliphatic rings. The lowest BCUT2D eigenvalue weighted by molar-refractivity contribution is 0.590. The van der Waals surface area contributed by atoms with Crippen LogP contribution in [-0.4, -0.2) is 8.07 Å².